The summed E-state index contributed by atoms with van der Waals surface area (Å²) in [6.45, 7) is 2.54. The fourth-order valence-corrected chi connectivity index (χ4v) is 1.97. The van der Waals surface area contributed by atoms with Crippen molar-refractivity contribution in [1.29, 1.82) is 0 Å². The van der Waals surface area contributed by atoms with Gasteiger partial charge in [-0.25, -0.2) is 0 Å². The van der Waals surface area contributed by atoms with Crippen molar-refractivity contribution in [2.45, 2.75) is 31.8 Å². The summed E-state index contributed by atoms with van der Waals surface area (Å²) in [5.74, 6) is 0.116. The van der Waals surface area contributed by atoms with Crippen LogP contribution in [0.15, 0.2) is 0 Å². The van der Waals surface area contributed by atoms with E-state index in [1.807, 2.05) is 6.92 Å². The van der Waals surface area contributed by atoms with E-state index in [-0.39, 0.29) is 23.9 Å². The van der Waals surface area contributed by atoms with Gasteiger partial charge in [-0.1, -0.05) is 6.92 Å². The molecule has 1 N–H and O–H groups in total. The van der Waals surface area contributed by atoms with Crippen molar-refractivity contribution in [2.75, 3.05) is 6.54 Å². The van der Waals surface area contributed by atoms with Gasteiger partial charge in [0.05, 0.1) is 0 Å². The molecule has 2 bridgehead atoms. The van der Waals surface area contributed by atoms with Crippen LogP contribution in [0, 0.1) is 0 Å². The molecule has 0 radical (unpaired) electrons. The number of carbonyl (C=O) groups is 2. The average molecular weight is 168 g/mol. The van der Waals surface area contributed by atoms with Crippen molar-refractivity contribution in [2.24, 2.45) is 0 Å². The van der Waals surface area contributed by atoms with Crippen LogP contribution in [0.1, 0.15) is 19.8 Å². The summed E-state index contributed by atoms with van der Waals surface area (Å²) in [6.07, 6.45) is 1.31. The molecule has 2 rings (SSSR count). The van der Waals surface area contributed by atoms with Gasteiger partial charge < -0.3 is 10.2 Å². The van der Waals surface area contributed by atoms with E-state index >= 15 is 0 Å². The Balaban J connectivity index is 2.12. The number of piperazine rings is 1. The summed E-state index contributed by atoms with van der Waals surface area (Å²) >= 11 is 0. The molecule has 2 fully saturated rings. The number of likely N-dealkylation sites (tertiary alicyclic amines) is 1. The fourth-order valence-electron chi connectivity index (χ4n) is 1.97. The van der Waals surface area contributed by atoms with Crippen LogP contribution in [0.4, 0.5) is 0 Å². The van der Waals surface area contributed by atoms with Crippen molar-refractivity contribution in [1.82, 2.24) is 10.2 Å². The number of fused-ring (bicyclic) bond motifs is 2. The van der Waals surface area contributed by atoms with E-state index in [9.17, 15) is 9.59 Å². The summed E-state index contributed by atoms with van der Waals surface area (Å²) < 4.78 is 0. The van der Waals surface area contributed by atoms with Crippen LogP contribution in [0.2, 0.25) is 0 Å². The zero-order chi connectivity index (χ0) is 8.72. The highest BCUT2D eigenvalue weighted by atomic mass is 16.2. The lowest BCUT2D eigenvalue weighted by Crippen LogP contribution is -2.49. The third kappa shape index (κ3) is 0.906. The van der Waals surface area contributed by atoms with Crippen LogP contribution in [0.3, 0.4) is 0 Å². The first-order valence-electron chi connectivity index (χ1n) is 4.32. The van der Waals surface area contributed by atoms with Gasteiger partial charge in [-0.15, -0.1) is 0 Å². The van der Waals surface area contributed by atoms with E-state index in [1.165, 1.54) is 0 Å². The second-order valence-corrected chi connectivity index (χ2v) is 3.36. The summed E-state index contributed by atoms with van der Waals surface area (Å²) in [5, 5.41) is 2.83. The molecule has 0 saturated carbocycles. The number of hydrogen-bond donors (Lipinski definition) is 1. The first kappa shape index (κ1) is 7.58. The Morgan fingerprint density at radius 1 is 1.75 bits per heavy atom. The third-order valence-electron chi connectivity index (χ3n) is 2.57. The van der Waals surface area contributed by atoms with Crippen LogP contribution in [-0.4, -0.2) is 35.3 Å². The molecular formula is C8H12N2O2. The van der Waals surface area contributed by atoms with Crippen LogP contribution in [0.5, 0.6) is 0 Å². The maximum atomic E-state index is 11.3. The molecule has 2 heterocycles. The predicted molar refractivity (Wildman–Crippen MR) is 42.3 cm³/mol. The van der Waals surface area contributed by atoms with Crippen LogP contribution in [0.25, 0.3) is 0 Å². The van der Waals surface area contributed by atoms with Crippen molar-refractivity contribution >= 4 is 11.8 Å². The minimum Gasteiger partial charge on any atom is -0.350 e. The Kier molecular flexibility index (Phi) is 1.56. The molecule has 66 valence electrons. The molecule has 0 aromatic rings. The quantitative estimate of drug-likeness (QED) is 0.573. The molecule has 2 saturated heterocycles. The lowest BCUT2D eigenvalue weighted by Gasteiger charge is -2.25. The molecule has 12 heavy (non-hydrogen) atoms. The highest BCUT2D eigenvalue weighted by Crippen LogP contribution is 2.24. The zero-order valence-corrected chi connectivity index (χ0v) is 7.04. The van der Waals surface area contributed by atoms with Gasteiger partial charge in [-0.05, 0) is 6.42 Å². The maximum Gasteiger partial charge on any atom is 0.243 e. The second kappa shape index (κ2) is 2.47. The molecule has 4 nitrogen and oxygen atoms in total. The largest absolute Gasteiger partial charge is 0.350 e. The Morgan fingerprint density at radius 3 is 3.00 bits per heavy atom. The summed E-state index contributed by atoms with van der Waals surface area (Å²) in [4.78, 5) is 24.2. The Morgan fingerprint density at radius 2 is 2.50 bits per heavy atom. The molecule has 0 aliphatic carbocycles. The summed E-state index contributed by atoms with van der Waals surface area (Å²) in [7, 11) is 0. The van der Waals surface area contributed by atoms with Gasteiger partial charge in [0.1, 0.15) is 6.04 Å². The van der Waals surface area contributed by atoms with Crippen LogP contribution >= 0.6 is 0 Å². The number of hydrogen-bond acceptors (Lipinski definition) is 2. The monoisotopic (exact) mass is 168 g/mol. The van der Waals surface area contributed by atoms with Gasteiger partial charge in [0.25, 0.3) is 0 Å². The van der Waals surface area contributed by atoms with Crippen molar-refractivity contribution < 1.29 is 9.59 Å². The Bertz CT molecular complexity index is 239. The molecule has 2 aliphatic heterocycles. The molecule has 4 heteroatoms. The van der Waals surface area contributed by atoms with E-state index in [1.54, 1.807) is 4.90 Å². The molecule has 2 amide bonds. The first-order valence-corrected chi connectivity index (χ1v) is 4.32. The van der Waals surface area contributed by atoms with E-state index in [0.717, 1.165) is 6.42 Å². The molecule has 0 unspecified atom stereocenters. The number of rotatable bonds is 1. The number of amides is 2. The Labute approximate surface area is 70.9 Å². The topological polar surface area (TPSA) is 49.4 Å². The number of carbonyl (C=O) groups excluding carboxylic acids is 2. The number of nitrogens with one attached hydrogen (secondary N) is 1. The van der Waals surface area contributed by atoms with Gasteiger partial charge in [0.2, 0.25) is 11.8 Å². The highest BCUT2D eigenvalue weighted by Gasteiger charge is 2.45. The normalized spacial score (nSPS) is 32.4. The average Bonchev–Trinajstić information content (AvgIpc) is 2.60. The van der Waals surface area contributed by atoms with Crippen molar-refractivity contribution in [3.63, 3.8) is 0 Å². The SMILES string of the molecule is CCC(=O)N1C[C@H]2C[C@@H]1C(=O)N2. The predicted octanol–water partition coefficient (Wildman–Crippen LogP) is -0.504. The van der Waals surface area contributed by atoms with Gasteiger partial charge in [0.15, 0.2) is 0 Å². The molecule has 2 atom stereocenters. The van der Waals surface area contributed by atoms with Crippen molar-refractivity contribution in [3.05, 3.63) is 0 Å². The van der Waals surface area contributed by atoms with E-state index in [2.05, 4.69) is 5.32 Å². The standard InChI is InChI=1S/C8H12N2O2/c1-2-7(11)10-4-5-3-6(10)8(12)9-5/h5-6H,2-4H2,1H3,(H,9,12)/t5-,6-/m1/s1. The fraction of sp³-hybridized carbons (Fsp3) is 0.750. The van der Waals surface area contributed by atoms with Gasteiger partial charge in [-0.2, -0.15) is 0 Å². The van der Waals surface area contributed by atoms with Crippen molar-refractivity contribution in [3.8, 4) is 0 Å². The Hall–Kier alpha value is -1.06. The summed E-state index contributed by atoms with van der Waals surface area (Å²) in [5.41, 5.74) is 0. The zero-order valence-electron chi connectivity index (χ0n) is 7.04. The molecule has 0 aromatic heterocycles. The number of nitrogens with zero attached hydrogens (tertiary/aromatic N) is 1. The van der Waals surface area contributed by atoms with Gasteiger partial charge in [0, 0.05) is 19.0 Å². The van der Waals surface area contributed by atoms with E-state index in [0.29, 0.717) is 13.0 Å². The second-order valence-electron chi connectivity index (χ2n) is 3.36. The summed E-state index contributed by atoms with van der Waals surface area (Å²) in [6, 6.07) is 0.0560. The maximum absolute atomic E-state index is 11.3. The molecule has 0 aromatic carbocycles. The first-order chi connectivity index (χ1) is 5.72. The lowest BCUT2D eigenvalue weighted by atomic mass is 10.2. The minimum absolute atomic E-state index is 0.0213. The molecular weight excluding hydrogens is 156 g/mol. The minimum atomic E-state index is -0.164. The van der Waals surface area contributed by atoms with Crippen LogP contribution in [-0.2, 0) is 9.59 Å². The third-order valence-corrected chi connectivity index (χ3v) is 2.57. The van der Waals surface area contributed by atoms with Gasteiger partial charge >= 0.3 is 0 Å². The molecule has 0 spiro atoms. The highest BCUT2D eigenvalue weighted by molar-refractivity contribution is 5.91. The lowest BCUT2D eigenvalue weighted by molar-refractivity contribution is -0.139. The smallest absolute Gasteiger partial charge is 0.243 e. The molecule has 2 aliphatic rings. The van der Waals surface area contributed by atoms with E-state index < -0.39 is 0 Å². The van der Waals surface area contributed by atoms with E-state index in [4.69, 9.17) is 0 Å². The van der Waals surface area contributed by atoms with Crippen LogP contribution < -0.4 is 5.32 Å². The van der Waals surface area contributed by atoms with Gasteiger partial charge in [-0.3, -0.25) is 9.59 Å².